The molecular weight excluding hydrogens is 316 g/mol. The van der Waals surface area contributed by atoms with Crippen LogP contribution in [0, 0.1) is 23.2 Å². The lowest BCUT2D eigenvalue weighted by molar-refractivity contribution is -0.262. The Morgan fingerprint density at radius 2 is 2.08 bits per heavy atom. The van der Waals surface area contributed by atoms with Gasteiger partial charge in [0.15, 0.2) is 0 Å². The smallest absolute Gasteiger partial charge is 0.305 e. The largest absolute Gasteiger partial charge is 0.487 e. The highest BCUT2D eigenvalue weighted by atomic mass is 16.5. The Morgan fingerprint density at radius 3 is 2.84 bits per heavy atom. The van der Waals surface area contributed by atoms with Crippen molar-refractivity contribution in [2.75, 3.05) is 13.2 Å². The molecule has 0 amide bonds. The van der Waals surface area contributed by atoms with Crippen molar-refractivity contribution in [3.8, 4) is 5.75 Å². The molecule has 4 heteroatoms. The molecule has 6 atom stereocenters. The maximum atomic E-state index is 11.8. The summed E-state index contributed by atoms with van der Waals surface area (Å²) in [5.41, 5.74) is 0.794. The van der Waals surface area contributed by atoms with E-state index < -0.39 is 0 Å². The van der Waals surface area contributed by atoms with Crippen LogP contribution < -0.4 is 4.74 Å². The van der Waals surface area contributed by atoms with E-state index in [1.54, 1.807) is 0 Å². The highest BCUT2D eigenvalue weighted by Crippen LogP contribution is 2.63. The SMILES string of the molecule is CCC(=O)OC[C@]12CO[C@@H]3c4ccccc4O[C@](C)(C[C@@H]1C)[C@@H]3[C@@H]2C. The molecule has 0 aromatic heterocycles. The van der Waals surface area contributed by atoms with Gasteiger partial charge in [0.2, 0.25) is 0 Å². The number of fused-ring (bicyclic) bond motifs is 3. The molecule has 1 aliphatic carbocycles. The highest BCUT2D eigenvalue weighted by molar-refractivity contribution is 5.68. The Hall–Kier alpha value is -1.55. The third-order valence-electron chi connectivity index (χ3n) is 7.06. The number of carbonyl (C=O) groups excluding carboxylic acids is 1. The molecule has 2 heterocycles. The van der Waals surface area contributed by atoms with Crippen LogP contribution in [-0.4, -0.2) is 24.8 Å². The van der Waals surface area contributed by atoms with Crippen LogP contribution in [0.1, 0.15) is 52.2 Å². The number of carbonyl (C=O) groups is 1. The molecule has 1 saturated heterocycles. The summed E-state index contributed by atoms with van der Waals surface area (Å²) >= 11 is 0. The Balaban J connectivity index is 1.72. The minimum absolute atomic E-state index is 0.0625. The summed E-state index contributed by atoms with van der Waals surface area (Å²) in [5, 5.41) is 0. The Morgan fingerprint density at radius 1 is 1.32 bits per heavy atom. The molecule has 0 spiro atoms. The third kappa shape index (κ3) is 2.33. The zero-order valence-electron chi connectivity index (χ0n) is 15.6. The fourth-order valence-corrected chi connectivity index (χ4v) is 5.57. The molecule has 2 bridgehead atoms. The molecular formula is C21H28O4. The molecule has 4 rings (SSSR count). The molecule has 25 heavy (non-hydrogen) atoms. The first-order valence-corrected chi connectivity index (χ1v) is 9.46. The van der Waals surface area contributed by atoms with Gasteiger partial charge in [0.25, 0.3) is 0 Å². The van der Waals surface area contributed by atoms with Crippen LogP contribution in [0.15, 0.2) is 24.3 Å². The van der Waals surface area contributed by atoms with Gasteiger partial charge in [-0.25, -0.2) is 0 Å². The monoisotopic (exact) mass is 344 g/mol. The summed E-state index contributed by atoms with van der Waals surface area (Å²) in [6.07, 6.45) is 1.44. The van der Waals surface area contributed by atoms with Gasteiger partial charge >= 0.3 is 5.97 Å². The van der Waals surface area contributed by atoms with Crippen molar-refractivity contribution >= 4 is 5.97 Å². The average Bonchev–Trinajstić information content (AvgIpc) is 2.59. The van der Waals surface area contributed by atoms with E-state index in [4.69, 9.17) is 14.2 Å². The lowest BCUT2D eigenvalue weighted by atomic mass is 9.50. The number of esters is 1. The van der Waals surface area contributed by atoms with E-state index in [0.29, 0.717) is 31.5 Å². The van der Waals surface area contributed by atoms with Crippen molar-refractivity contribution in [3.05, 3.63) is 29.8 Å². The minimum atomic E-state index is -0.240. The maximum Gasteiger partial charge on any atom is 0.305 e. The number of rotatable bonds is 3. The second kappa shape index (κ2) is 5.73. The molecule has 0 radical (unpaired) electrons. The van der Waals surface area contributed by atoms with Gasteiger partial charge < -0.3 is 14.2 Å². The first kappa shape index (κ1) is 16.9. The predicted molar refractivity (Wildman–Crippen MR) is 94.3 cm³/mol. The minimum Gasteiger partial charge on any atom is -0.487 e. The number of hydrogen-bond acceptors (Lipinski definition) is 4. The van der Waals surface area contributed by atoms with E-state index >= 15 is 0 Å². The van der Waals surface area contributed by atoms with Crippen LogP contribution >= 0.6 is 0 Å². The van der Waals surface area contributed by atoms with Crippen molar-refractivity contribution in [1.82, 2.24) is 0 Å². The van der Waals surface area contributed by atoms with Crippen molar-refractivity contribution in [2.45, 2.75) is 52.2 Å². The molecule has 4 nitrogen and oxygen atoms in total. The fraction of sp³-hybridized carbons (Fsp3) is 0.667. The molecule has 1 aromatic rings. The van der Waals surface area contributed by atoms with E-state index in [9.17, 15) is 4.79 Å². The van der Waals surface area contributed by atoms with E-state index in [-0.39, 0.29) is 29.0 Å². The second-order valence-electron chi connectivity index (χ2n) is 8.35. The van der Waals surface area contributed by atoms with E-state index in [1.807, 2.05) is 13.0 Å². The van der Waals surface area contributed by atoms with Gasteiger partial charge in [-0.15, -0.1) is 0 Å². The average molecular weight is 344 g/mol. The van der Waals surface area contributed by atoms with Crippen LogP contribution in [0.25, 0.3) is 0 Å². The van der Waals surface area contributed by atoms with Gasteiger partial charge in [-0.3, -0.25) is 4.79 Å². The first-order chi connectivity index (χ1) is 11.9. The molecule has 0 N–H and O–H groups in total. The van der Waals surface area contributed by atoms with Crippen molar-refractivity contribution in [3.63, 3.8) is 0 Å². The molecule has 1 aromatic carbocycles. The topological polar surface area (TPSA) is 44.8 Å². The number of hydrogen-bond donors (Lipinski definition) is 0. The lowest BCUT2D eigenvalue weighted by Gasteiger charge is -2.63. The summed E-state index contributed by atoms with van der Waals surface area (Å²) in [5.74, 6) is 1.82. The highest BCUT2D eigenvalue weighted by Gasteiger charge is 2.64. The lowest BCUT2D eigenvalue weighted by Crippen LogP contribution is -2.66. The molecule has 3 aliphatic rings. The predicted octanol–water partition coefficient (Wildman–Crippen LogP) is 4.14. The zero-order chi connectivity index (χ0) is 17.8. The third-order valence-corrected chi connectivity index (χ3v) is 7.06. The molecule has 2 aliphatic heterocycles. The standard InChI is InChI=1S/C21H28O4/c1-5-17(22)23-11-21-12-24-19-15-8-6-7-9-16(15)25-20(4,10-13(21)2)18(19)14(21)3/h6-9,13-14,18-19H,5,10-12H2,1-4H3/t13-,14-,18+,19+,20+,21-/m0/s1. The summed E-state index contributed by atoms with van der Waals surface area (Å²) in [6.45, 7) is 9.70. The molecule has 136 valence electrons. The Bertz CT molecular complexity index is 686. The Kier molecular flexibility index (Phi) is 3.87. The molecule has 2 fully saturated rings. The van der Waals surface area contributed by atoms with Gasteiger partial charge in [0, 0.05) is 23.3 Å². The van der Waals surface area contributed by atoms with E-state index in [2.05, 4.69) is 39.0 Å². The van der Waals surface area contributed by atoms with Gasteiger partial charge in [0.1, 0.15) is 11.4 Å². The molecule has 0 unspecified atom stereocenters. The van der Waals surface area contributed by atoms with Crippen LogP contribution in [0.3, 0.4) is 0 Å². The second-order valence-corrected chi connectivity index (χ2v) is 8.35. The van der Waals surface area contributed by atoms with Crippen LogP contribution in [0.4, 0.5) is 0 Å². The Labute approximate surface area is 149 Å². The summed E-state index contributed by atoms with van der Waals surface area (Å²) in [6, 6.07) is 8.24. The van der Waals surface area contributed by atoms with E-state index in [0.717, 1.165) is 17.7 Å². The first-order valence-electron chi connectivity index (χ1n) is 9.46. The van der Waals surface area contributed by atoms with Gasteiger partial charge in [-0.05, 0) is 31.2 Å². The number of benzene rings is 1. The van der Waals surface area contributed by atoms with Crippen LogP contribution in [-0.2, 0) is 14.3 Å². The van der Waals surface area contributed by atoms with Crippen LogP contribution in [0.5, 0.6) is 5.75 Å². The van der Waals surface area contributed by atoms with Crippen molar-refractivity contribution < 1.29 is 19.0 Å². The van der Waals surface area contributed by atoms with Gasteiger partial charge in [0.05, 0.1) is 19.3 Å². The van der Waals surface area contributed by atoms with Gasteiger partial charge in [-0.1, -0.05) is 39.0 Å². The zero-order valence-corrected chi connectivity index (χ0v) is 15.6. The molecule has 1 saturated carbocycles. The summed E-state index contributed by atoms with van der Waals surface area (Å²) in [7, 11) is 0. The van der Waals surface area contributed by atoms with Crippen molar-refractivity contribution in [2.24, 2.45) is 23.2 Å². The normalized spacial score (nSPS) is 41.4. The van der Waals surface area contributed by atoms with Crippen molar-refractivity contribution in [1.29, 1.82) is 0 Å². The van der Waals surface area contributed by atoms with Crippen LogP contribution in [0.2, 0.25) is 0 Å². The maximum absolute atomic E-state index is 11.8. The number of ether oxygens (including phenoxy) is 3. The van der Waals surface area contributed by atoms with Gasteiger partial charge in [-0.2, -0.15) is 0 Å². The van der Waals surface area contributed by atoms with E-state index in [1.165, 1.54) is 0 Å². The fourth-order valence-electron chi connectivity index (χ4n) is 5.57. The summed E-state index contributed by atoms with van der Waals surface area (Å²) in [4.78, 5) is 11.8. The summed E-state index contributed by atoms with van der Waals surface area (Å²) < 4.78 is 18.6. The quantitative estimate of drug-likeness (QED) is 0.773. The number of para-hydroxylation sites is 1.